The van der Waals surface area contributed by atoms with E-state index in [0.717, 1.165) is 29.6 Å². The summed E-state index contributed by atoms with van der Waals surface area (Å²) in [5, 5.41) is 13.5. The lowest BCUT2D eigenvalue weighted by molar-refractivity contribution is 0.220. The zero-order chi connectivity index (χ0) is 13.9. The molecule has 0 aliphatic heterocycles. The molecule has 0 radical (unpaired) electrons. The van der Waals surface area contributed by atoms with Crippen LogP contribution in [0.25, 0.3) is 10.9 Å². The molecule has 0 amide bonds. The molecule has 1 heterocycles. The molecule has 19 heavy (non-hydrogen) atoms. The van der Waals surface area contributed by atoms with Crippen LogP contribution in [0, 0.1) is 5.41 Å². The van der Waals surface area contributed by atoms with Gasteiger partial charge in [0.1, 0.15) is 0 Å². The third-order valence-corrected chi connectivity index (χ3v) is 3.35. The van der Waals surface area contributed by atoms with Crippen LogP contribution in [0.15, 0.2) is 30.5 Å². The summed E-state index contributed by atoms with van der Waals surface area (Å²) < 4.78 is 0. The summed E-state index contributed by atoms with van der Waals surface area (Å²) in [6.45, 7) is 5.27. The minimum absolute atomic E-state index is 0.0463. The fraction of sp³-hybridized carbons (Fsp3) is 0.400. The summed E-state index contributed by atoms with van der Waals surface area (Å²) in [4.78, 5) is 4.32. The van der Waals surface area contributed by atoms with Crippen LogP contribution in [0.2, 0.25) is 0 Å². The van der Waals surface area contributed by atoms with Crippen molar-refractivity contribution in [1.82, 2.24) is 4.98 Å². The van der Waals surface area contributed by atoms with E-state index in [1.165, 1.54) is 0 Å². The fourth-order valence-corrected chi connectivity index (χ4v) is 2.08. The average molecular weight is 259 g/mol. The van der Waals surface area contributed by atoms with E-state index >= 15 is 0 Å². The SMILES string of the molecule is CC(C)(CCO)CNc1ccnc2c(N)cccc12. The molecule has 4 heteroatoms. The van der Waals surface area contributed by atoms with Crippen molar-refractivity contribution in [2.75, 3.05) is 24.2 Å². The second-order valence-corrected chi connectivity index (χ2v) is 5.59. The number of rotatable bonds is 5. The van der Waals surface area contributed by atoms with E-state index in [9.17, 15) is 0 Å². The maximum atomic E-state index is 9.05. The maximum Gasteiger partial charge on any atom is 0.0951 e. The zero-order valence-electron chi connectivity index (χ0n) is 11.5. The standard InChI is InChI=1S/C15H21N3O/c1-15(2,7-9-19)10-18-13-6-8-17-14-11(13)4-3-5-12(14)16/h3-6,8,19H,7,9-10,16H2,1-2H3,(H,17,18). The van der Waals surface area contributed by atoms with Gasteiger partial charge < -0.3 is 16.2 Å². The summed E-state index contributed by atoms with van der Waals surface area (Å²) in [6.07, 6.45) is 2.53. The highest BCUT2D eigenvalue weighted by molar-refractivity contribution is 5.97. The molecule has 102 valence electrons. The minimum Gasteiger partial charge on any atom is -0.397 e. The van der Waals surface area contributed by atoms with Crippen LogP contribution in [-0.4, -0.2) is 23.2 Å². The molecular formula is C15H21N3O. The lowest BCUT2D eigenvalue weighted by Crippen LogP contribution is -2.24. The molecule has 2 rings (SSSR count). The van der Waals surface area contributed by atoms with Crippen LogP contribution in [0.1, 0.15) is 20.3 Å². The Hall–Kier alpha value is -1.81. The quantitative estimate of drug-likeness (QED) is 0.722. The summed E-state index contributed by atoms with van der Waals surface area (Å²) >= 11 is 0. The van der Waals surface area contributed by atoms with Crippen LogP contribution in [0.3, 0.4) is 0 Å². The zero-order valence-corrected chi connectivity index (χ0v) is 11.5. The molecule has 0 fully saturated rings. The molecule has 4 N–H and O–H groups in total. The number of hydrogen-bond donors (Lipinski definition) is 3. The summed E-state index contributed by atoms with van der Waals surface area (Å²) in [5.41, 5.74) is 8.53. The lowest BCUT2D eigenvalue weighted by Gasteiger charge is -2.25. The predicted molar refractivity (Wildman–Crippen MR) is 80.1 cm³/mol. The number of pyridine rings is 1. The van der Waals surface area contributed by atoms with Crippen molar-refractivity contribution in [2.45, 2.75) is 20.3 Å². The Labute approximate surface area is 113 Å². The van der Waals surface area contributed by atoms with Gasteiger partial charge in [0.15, 0.2) is 0 Å². The highest BCUT2D eigenvalue weighted by atomic mass is 16.3. The number of aliphatic hydroxyl groups is 1. The normalized spacial score (nSPS) is 11.7. The number of para-hydroxylation sites is 1. The number of aliphatic hydroxyl groups excluding tert-OH is 1. The van der Waals surface area contributed by atoms with Crippen molar-refractivity contribution in [2.24, 2.45) is 5.41 Å². The van der Waals surface area contributed by atoms with Crippen LogP contribution in [0.5, 0.6) is 0 Å². The van der Waals surface area contributed by atoms with E-state index in [1.54, 1.807) is 6.20 Å². The van der Waals surface area contributed by atoms with E-state index in [-0.39, 0.29) is 12.0 Å². The Morgan fingerprint density at radius 3 is 2.84 bits per heavy atom. The Morgan fingerprint density at radius 1 is 1.32 bits per heavy atom. The van der Waals surface area contributed by atoms with E-state index in [4.69, 9.17) is 10.8 Å². The monoisotopic (exact) mass is 259 g/mol. The van der Waals surface area contributed by atoms with E-state index in [1.807, 2.05) is 24.3 Å². The maximum absolute atomic E-state index is 9.05. The number of fused-ring (bicyclic) bond motifs is 1. The van der Waals surface area contributed by atoms with E-state index in [0.29, 0.717) is 5.69 Å². The van der Waals surface area contributed by atoms with Crippen molar-refractivity contribution < 1.29 is 5.11 Å². The number of aromatic nitrogens is 1. The van der Waals surface area contributed by atoms with Gasteiger partial charge in [-0.15, -0.1) is 0 Å². The van der Waals surface area contributed by atoms with Crippen molar-refractivity contribution in [3.8, 4) is 0 Å². The van der Waals surface area contributed by atoms with Crippen LogP contribution >= 0.6 is 0 Å². The van der Waals surface area contributed by atoms with Crippen molar-refractivity contribution in [3.05, 3.63) is 30.5 Å². The van der Waals surface area contributed by atoms with Crippen molar-refractivity contribution in [1.29, 1.82) is 0 Å². The number of hydrogen-bond acceptors (Lipinski definition) is 4. The molecule has 0 atom stereocenters. The van der Waals surface area contributed by atoms with Crippen molar-refractivity contribution >= 4 is 22.3 Å². The Bertz CT molecular complexity index is 566. The number of benzene rings is 1. The highest BCUT2D eigenvalue weighted by Crippen LogP contribution is 2.27. The molecule has 1 aromatic heterocycles. The first-order valence-electron chi connectivity index (χ1n) is 6.51. The Morgan fingerprint density at radius 2 is 2.11 bits per heavy atom. The van der Waals surface area contributed by atoms with E-state index in [2.05, 4.69) is 24.1 Å². The van der Waals surface area contributed by atoms with Gasteiger partial charge in [0.25, 0.3) is 0 Å². The second-order valence-electron chi connectivity index (χ2n) is 5.59. The Kier molecular flexibility index (Phi) is 3.90. The van der Waals surface area contributed by atoms with Crippen LogP contribution in [0.4, 0.5) is 11.4 Å². The van der Waals surface area contributed by atoms with Gasteiger partial charge in [-0.05, 0) is 24.0 Å². The smallest absolute Gasteiger partial charge is 0.0951 e. The second kappa shape index (κ2) is 5.45. The van der Waals surface area contributed by atoms with Gasteiger partial charge in [-0.25, -0.2) is 0 Å². The van der Waals surface area contributed by atoms with Gasteiger partial charge in [0.05, 0.1) is 11.2 Å². The first kappa shape index (κ1) is 13.6. The van der Waals surface area contributed by atoms with Gasteiger partial charge in [0.2, 0.25) is 0 Å². The minimum atomic E-state index is 0.0463. The van der Waals surface area contributed by atoms with Crippen LogP contribution < -0.4 is 11.1 Å². The topological polar surface area (TPSA) is 71.2 Å². The van der Waals surface area contributed by atoms with Gasteiger partial charge in [0, 0.05) is 30.4 Å². The molecular weight excluding hydrogens is 238 g/mol. The van der Waals surface area contributed by atoms with E-state index < -0.39 is 0 Å². The third-order valence-electron chi connectivity index (χ3n) is 3.35. The predicted octanol–water partition coefficient (Wildman–Crippen LogP) is 2.64. The molecule has 0 unspecified atom stereocenters. The first-order chi connectivity index (χ1) is 9.03. The van der Waals surface area contributed by atoms with Crippen molar-refractivity contribution in [3.63, 3.8) is 0 Å². The molecule has 4 nitrogen and oxygen atoms in total. The van der Waals surface area contributed by atoms with Gasteiger partial charge in [-0.1, -0.05) is 26.0 Å². The first-order valence-corrected chi connectivity index (χ1v) is 6.51. The third kappa shape index (κ3) is 3.15. The number of nitrogens with two attached hydrogens (primary N) is 1. The molecule has 0 saturated heterocycles. The number of nitrogens with zero attached hydrogens (tertiary/aromatic N) is 1. The molecule has 0 spiro atoms. The highest BCUT2D eigenvalue weighted by Gasteiger charge is 2.17. The molecule has 1 aromatic carbocycles. The number of nitrogen functional groups attached to an aromatic ring is 1. The molecule has 2 aromatic rings. The molecule has 0 saturated carbocycles. The van der Waals surface area contributed by atoms with Gasteiger partial charge >= 0.3 is 0 Å². The molecule has 0 aliphatic carbocycles. The van der Waals surface area contributed by atoms with Gasteiger partial charge in [-0.3, -0.25) is 4.98 Å². The fourth-order valence-electron chi connectivity index (χ4n) is 2.08. The molecule has 0 aliphatic rings. The van der Waals surface area contributed by atoms with Gasteiger partial charge in [-0.2, -0.15) is 0 Å². The lowest BCUT2D eigenvalue weighted by atomic mass is 9.89. The summed E-state index contributed by atoms with van der Waals surface area (Å²) in [6, 6.07) is 7.76. The Balaban J connectivity index is 2.24. The van der Waals surface area contributed by atoms with Crippen LogP contribution in [-0.2, 0) is 0 Å². The average Bonchev–Trinajstić information content (AvgIpc) is 2.37. The summed E-state index contributed by atoms with van der Waals surface area (Å²) in [5.74, 6) is 0. The molecule has 0 bridgehead atoms. The summed E-state index contributed by atoms with van der Waals surface area (Å²) in [7, 11) is 0. The largest absolute Gasteiger partial charge is 0.397 e. The number of anilines is 2. The number of nitrogens with one attached hydrogen (secondary N) is 1.